The summed E-state index contributed by atoms with van der Waals surface area (Å²) < 4.78 is 2.10. The predicted octanol–water partition coefficient (Wildman–Crippen LogP) is 2.50. The second kappa shape index (κ2) is 5.83. The summed E-state index contributed by atoms with van der Waals surface area (Å²) in [6, 6.07) is 0.667. The standard InChI is InChI=1S/C14H26N4/c1-4-8-15-12-6-7-14(3,10-12)13-11-16-17-18(13)9-5-2/h11-12,15H,4-10H2,1-3H3. The quantitative estimate of drug-likeness (QED) is 0.843. The molecule has 0 spiro atoms. The summed E-state index contributed by atoms with van der Waals surface area (Å²) in [5.41, 5.74) is 1.58. The first kappa shape index (κ1) is 13.5. The lowest BCUT2D eigenvalue weighted by molar-refractivity contribution is 0.407. The highest BCUT2D eigenvalue weighted by atomic mass is 15.4. The minimum atomic E-state index is 0.254. The molecule has 1 saturated carbocycles. The van der Waals surface area contributed by atoms with Gasteiger partial charge in [0, 0.05) is 18.0 Å². The molecule has 4 nitrogen and oxygen atoms in total. The number of nitrogens with zero attached hydrogens (tertiary/aromatic N) is 3. The van der Waals surface area contributed by atoms with Crippen molar-refractivity contribution in [2.24, 2.45) is 0 Å². The van der Waals surface area contributed by atoms with Gasteiger partial charge in [0.05, 0.1) is 11.9 Å². The SMILES string of the molecule is CCCNC1CCC(C)(c2cnnn2CCC)C1. The van der Waals surface area contributed by atoms with E-state index in [2.05, 4.69) is 41.1 Å². The molecule has 4 heteroatoms. The van der Waals surface area contributed by atoms with Crippen LogP contribution in [0.1, 0.15) is 58.6 Å². The minimum Gasteiger partial charge on any atom is -0.314 e. The molecule has 0 aromatic carbocycles. The molecule has 1 aromatic rings. The van der Waals surface area contributed by atoms with Crippen LogP contribution in [0.25, 0.3) is 0 Å². The van der Waals surface area contributed by atoms with E-state index in [1.54, 1.807) is 0 Å². The number of nitrogens with one attached hydrogen (secondary N) is 1. The zero-order valence-corrected chi connectivity index (χ0v) is 11.9. The van der Waals surface area contributed by atoms with E-state index < -0.39 is 0 Å². The summed E-state index contributed by atoms with van der Waals surface area (Å²) in [7, 11) is 0. The topological polar surface area (TPSA) is 42.7 Å². The lowest BCUT2D eigenvalue weighted by Crippen LogP contribution is -2.30. The molecule has 1 N–H and O–H groups in total. The normalized spacial score (nSPS) is 27.8. The first-order valence-corrected chi connectivity index (χ1v) is 7.32. The largest absolute Gasteiger partial charge is 0.314 e. The number of rotatable bonds is 6. The van der Waals surface area contributed by atoms with Crippen molar-refractivity contribution in [3.8, 4) is 0 Å². The van der Waals surface area contributed by atoms with Crippen molar-refractivity contribution < 1.29 is 0 Å². The summed E-state index contributed by atoms with van der Waals surface area (Å²) in [4.78, 5) is 0. The Morgan fingerprint density at radius 3 is 3.00 bits per heavy atom. The van der Waals surface area contributed by atoms with Crippen molar-refractivity contribution in [1.82, 2.24) is 20.3 Å². The Labute approximate surface area is 110 Å². The molecule has 1 aliphatic carbocycles. The molecule has 1 aromatic heterocycles. The molecule has 2 unspecified atom stereocenters. The fraction of sp³-hybridized carbons (Fsp3) is 0.857. The molecular formula is C14H26N4. The van der Waals surface area contributed by atoms with Gasteiger partial charge in [-0.2, -0.15) is 0 Å². The third kappa shape index (κ3) is 2.74. The summed E-state index contributed by atoms with van der Waals surface area (Å²) >= 11 is 0. The Hall–Kier alpha value is -0.900. The van der Waals surface area contributed by atoms with Gasteiger partial charge in [0.25, 0.3) is 0 Å². The average molecular weight is 250 g/mol. The fourth-order valence-corrected chi connectivity index (χ4v) is 3.10. The van der Waals surface area contributed by atoms with E-state index in [1.165, 1.54) is 31.4 Å². The van der Waals surface area contributed by atoms with Crippen molar-refractivity contribution in [2.45, 2.75) is 70.9 Å². The number of hydrogen-bond acceptors (Lipinski definition) is 3. The van der Waals surface area contributed by atoms with Crippen LogP contribution >= 0.6 is 0 Å². The lowest BCUT2D eigenvalue weighted by atomic mass is 9.85. The lowest BCUT2D eigenvalue weighted by Gasteiger charge is -2.24. The molecule has 0 amide bonds. The van der Waals surface area contributed by atoms with Gasteiger partial charge in [0.1, 0.15) is 0 Å². The van der Waals surface area contributed by atoms with Crippen LogP contribution in [0.5, 0.6) is 0 Å². The highest BCUT2D eigenvalue weighted by molar-refractivity contribution is 5.16. The summed E-state index contributed by atoms with van der Waals surface area (Å²) in [6.07, 6.45) is 8.02. The van der Waals surface area contributed by atoms with E-state index in [0.29, 0.717) is 6.04 Å². The van der Waals surface area contributed by atoms with Crippen LogP contribution in [0.2, 0.25) is 0 Å². The fourth-order valence-electron chi connectivity index (χ4n) is 3.10. The Balaban J connectivity index is 2.05. The smallest absolute Gasteiger partial charge is 0.0730 e. The summed E-state index contributed by atoms with van der Waals surface area (Å²) in [6.45, 7) is 8.89. The molecule has 2 atom stereocenters. The van der Waals surface area contributed by atoms with Gasteiger partial charge in [0.2, 0.25) is 0 Å². The van der Waals surface area contributed by atoms with E-state index in [9.17, 15) is 0 Å². The van der Waals surface area contributed by atoms with Crippen LogP contribution in [0.15, 0.2) is 6.20 Å². The average Bonchev–Trinajstić information content (AvgIpc) is 2.95. The van der Waals surface area contributed by atoms with Crippen molar-refractivity contribution in [2.75, 3.05) is 6.54 Å². The molecule has 2 rings (SSSR count). The second-order valence-electron chi connectivity index (χ2n) is 5.80. The Bertz CT molecular complexity index is 374. The van der Waals surface area contributed by atoms with Gasteiger partial charge in [-0.25, -0.2) is 4.68 Å². The molecule has 18 heavy (non-hydrogen) atoms. The molecular weight excluding hydrogens is 224 g/mol. The zero-order chi connectivity index (χ0) is 13.0. The maximum atomic E-state index is 4.23. The minimum absolute atomic E-state index is 0.254. The van der Waals surface area contributed by atoms with Gasteiger partial charge in [0.15, 0.2) is 0 Å². The van der Waals surface area contributed by atoms with Crippen molar-refractivity contribution in [3.05, 3.63) is 11.9 Å². The predicted molar refractivity (Wildman–Crippen MR) is 73.6 cm³/mol. The van der Waals surface area contributed by atoms with Gasteiger partial charge in [-0.05, 0) is 38.6 Å². The molecule has 0 aliphatic heterocycles. The van der Waals surface area contributed by atoms with E-state index in [1.807, 2.05) is 6.20 Å². The molecule has 0 bridgehead atoms. The van der Waals surface area contributed by atoms with Crippen LogP contribution in [0.3, 0.4) is 0 Å². The number of hydrogen-bond donors (Lipinski definition) is 1. The highest BCUT2D eigenvalue weighted by Crippen LogP contribution is 2.40. The molecule has 1 aliphatic rings. The highest BCUT2D eigenvalue weighted by Gasteiger charge is 2.38. The van der Waals surface area contributed by atoms with Crippen molar-refractivity contribution >= 4 is 0 Å². The Kier molecular flexibility index (Phi) is 4.38. The maximum absolute atomic E-state index is 4.23. The van der Waals surface area contributed by atoms with Crippen LogP contribution < -0.4 is 5.32 Å². The van der Waals surface area contributed by atoms with Gasteiger partial charge in [-0.15, -0.1) is 5.10 Å². The van der Waals surface area contributed by atoms with Crippen LogP contribution in [0.4, 0.5) is 0 Å². The maximum Gasteiger partial charge on any atom is 0.0730 e. The van der Waals surface area contributed by atoms with Gasteiger partial charge >= 0.3 is 0 Å². The third-order valence-electron chi connectivity index (χ3n) is 4.10. The Morgan fingerprint density at radius 2 is 2.28 bits per heavy atom. The van der Waals surface area contributed by atoms with Crippen molar-refractivity contribution in [3.63, 3.8) is 0 Å². The molecule has 0 saturated heterocycles. The summed E-state index contributed by atoms with van der Waals surface area (Å²) in [5, 5.41) is 12.0. The van der Waals surface area contributed by atoms with Gasteiger partial charge < -0.3 is 5.32 Å². The number of aromatic nitrogens is 3. The van der Waals surface area contributed by atoms with Gasteiger partial charge in [-0.3, -0.25) is 0 Å². The van der Waals surface area contributed by atoms with E-state index in [4.69, 9.17) is 0 Å². The van der Waals surface area contributed by atoms with Crippen LogP contribution in [0, 0.1) is 0 Å². The zero-order valence-electron chi connectivity index (χ0n) is 11.9. The molecule has 102 valence electrons. The molecule has 0 radical (unpaired) electrons. The van der Waals surface area contributed by atoms with Gasteiger partial charge in [-0.1, -0.05) is 26.0 Å². The first-order valence-electron chi connectivity index (χ1n) is 7.32. The van der Waals surface area contributed by atoms with Crippen molar-refractivity contribution in [1.29, 1.82) is 0 Å². The monoisotopic (exact) mass is 250 g/mol. The second-order valence-corrected chi connectivity index (χ2v) is 5.80. The number of aryl methyl sites for hydroxylation is 1. The van der Waals surface area contributed by atoms with E-state index >= 15 is 0 Å². The van der Waals surface area contributed by atoms with E-state index in [0.717, 1.165) is 19.5 Å². The van der Waals surface area contributed by atoms with Crippen LogP contribution in [-0.4, -0.2) is 27.6 Å². The summed E-state index contributed by atoms with van der Waals surface area (Å²) in [5.74, 6) is 0. The van der Waals surface area contributed by atoms with Crippen LogP contribution in [-0.2, 0) is 12.0 Å². The van der Waals surface area contributed by atoms with E-state index in [-0.39, 0.29) is 5.41 Å². The molecule has 1 fully saturated rings. The first-order chi connectivity index (χ1) is 8.69. The third-order valence-corrected chi connectivity index (χ3v) is 4.10. The molecule has 1 heterocycles. The Morgan fingerprint density at radius 1 is 1.44 bits per heavy atom.